The van der Waals surface area contributed by atoms with E-state index >= 15 is 0 Å². The van der Waals surface area contributed by atoms with Crippen molar-refractivity contribution in [3.63, 3.8) is 0 Å². The van der Waals surface area contributed by atoms with Gasteiger partial charge < -0.3 is 64.2 Å². The molecule has 2 aliphatic heterocycles. The average molecular weight is 975 g/mol. The summed E-state index contributed by atoms with van der Waals surface area (Å²) in [6, 6.07) is 0. The molecule has 2 saturated heterocycles. The molecule has 2 aliphatic rings. The fraction of sp³-hybridized carbons (Fsp3) is 0.944. The van der Waals surface area contributed by atoms with Gasteiger partial charge in [0.1, 0.15) is 54.9 Å². The van der Waals surface area contributed by atoms with E-state index < -0.39 is 80.7 Å². The summed E-state index contributed by atoms with van der Waals surface area (Å²) >= 11 is 0. The maximum Gasteiger partial charge on any atom is 0.306 e. The monoisotopic (exact) mass is 975 g/mol. The van der Waals surface area contributed by atoms with Gasteiger partial charge in [-0.25, -0.2) is 0 Å². The van der Waals surface area contributed by atoms with Crippen LogP contribution >= 0.6 is 0 Å². The Balaban J connectivity index is 1.73. The van der Waals surface area contributed by atoms with Gasteiger partial charge in [0, 0.05) is 13.0 Å². The number of carbonyl (C=O) groups is 1. The lowest BCUT2D eigenvalue weighted by Gasteiger charge is -2.42. The molecular weight excluding hydrogens is 873 g/mol. The number of carbonyl (C=O) groups excluding carboxylic acids is 1. The second-order valence-corrected chi connectivity index (χ2v) is 19.8. The van der Waals surface area contributed by atoms with Crippen molar-refractivity contribution in [2.75, 3.05) is 33.0 Å². The number of hydrogen-bond acceptors (Lipinski definition) is 14. The van der Waals surface area contributed by atoms with Gasteiger partial charge in [0.2, 0.25) is 0 Å². The molecule has 402 valence electrons. The molecular formula is C54H102O14. The smallest absolute Gasteiger partial charge is 0.306 e. The predicted molar refractivity (Wildman–Crippen MR) is 266 cm³/mol. The van der Waals surface area contributed by atoms with Gasteiger partial charge in [0.05, 0.1) is 26.4 Å². The minimum absolute atomic E-state index is 0.0652. The topological polar surface area (TPSA) is 214 Å². The van der Waals surface area contributed by atoms with Crippen LogP contribution < -0.4 is 0 Å². The van der Waals surface area contributed by atoms with E-state index in [1.54, 1.807) is 0 Å². The fourth-order valence-corrected chi connectivity index (χ4v) is 8.99. The Kier molecular flexibility index (Phi) is 39.1. The normalized spacial score (nSPS) is 25.9. The third-order valence-corrected chi connectivity index (χ3v) is 13.5. The third kappa shape index (κ3) is 29.3. The van der Waals surface area contributed by atoms with Gasteiger partial charge in [-0.1, -0.05) is 193 Å². The second kappa shape index (κ2) is 42.3. The summed E-state index contributed by atoms with van der Waals surface area (Å²) < 4.78 is 34.4. The minimum Gasteiger partial charge on any atom is -0.457 e. The van der Waals surface area contributed by atoms with Crippen molar-refractivity contribution >= 4 is 5.97 Å². The number of allylic oxidation sites excluding steroid dienone is 2. The Labute approximate surface area is 412 Å². The van der Waals surface area contributed by atoms with Crippen LogP contribution in [0.5, 0.6) is 0 Å². The van der Waals surface area contributed by atoms with Crippen molar-refractivity contribution < 1.29 is 69.0 Å². The molecule has 0 aliphatic carbocycles. The van der Waals surface area contributed by atoms with E-state index in [1.165, 1.54) is 161 Å². The van der Waals surface area contributed by atoms with Gasteiger partial charge in [-0.2, -0.15) is 0 Å². The lowest BCUT2D eigenvalue weighted by atomic mass is 9.98. The van der Waals surface area contributed by atoms with Gasteiger partial charge in [0.25, 0.3) is 0 Å². The Morgan fingerprint density at radius 3 is 1.34 bits per heavy atom. The molecule has 14 heteroatoms. The second-order valence-electron chi connectivity index (χ2n) is 19.8. The van der Waals surface area contributed by atoms with Crippen LogP contribution in [0.1, 0.15) is 226 Å². The van der Waals surface area contributed by atoms with Crippen LogP contribution in [0.4, 0.5) is 0 Å². The predicted octanol–water partition coefficient (Wildman–Crippen LogP) is 9.02. The number of unbranched alkanes of at least 4 members (excludes halogenated alkanes) is 29. The number of ether oxygens (including phenoxy) is 6. The van der Waals surface area contributed by atoms with Crippen molar-refractivity contribution in [2.24, 2.45) is 0 Å². The molecule has 11 unspecified atom stereocenters. The van der Waals surface area contributed by atoms with Crippen LogP contribution in [-0.2, 0) is 33.2 Å². The van der Waals surface area contributed by atoms with Crippen LogP contribution in [-0.4, -0.2) is 142 Å². The average Bonchev–Trinajstić information content (AvgIpc) is 3.33. The summed E-state index contributed by atoms with van der Waals surface area (Å²) in [6.45, 7) is 3.72. The molecule has 68 heavy (non-hydrogen) atoms. The van der Waals surface area contributed by atoms with Crippen LogP contribution in [0.15, 0.2) is 12.2 Å². The van der Waals surface area contributed by atoms with E-state index in [-0.39, 0.29) is 25.6 Å². The third-order valence-electron chi connectivity index (χ3n) is 13.5. The largest absolute Gasteiger partial charge is 0.457 e. The SMILES string of the molecule is CCCCCCCCC/C=C\CCCCCCCCCCOCC(COC1OC(COC2OC(CO)C(O)C(O)C2O)C(O)C(O)C1O)OC(=O)CCCCCCCCCCCCCCCCC. The Bertz CT molecular complexity index is 1180. The zero-order chi connectivity index (χ0) is 49.5. The van der Waals surface area contributed by atoms with Gasteiger partial charge in [-0.15, -0.1) is 0 Å². The van der Waals surface area contributed by atoms with Gasteiger partial charge >= 0.3 is 5.97 Å². The van der Waals surface area contributed by atoms with E-state index in [2.05, 4.69) is 26.0 Å². The molecule has 2 heterocycles. The summed E-state index contributed by atoms with van der Waals surface area (Å²) in [4.78, 5) is 13.0. The highest BCUT2D eigenvalue weighted by Crippen LogP contribution is 2.27. The summed E-state index contributed by atoms with van der Waals surface area (Å²) in [5, 5.41) is 72.2. The highest BCUT2D eigenvalue weighted by atomic mass is 16.7. The highest BCUT2D eigenvalue weighted by molar-refractivity contribution is 5.69. The number of rotatable bonds is 45. The van der Waals surface area contributed by atoms with E-state index in [1.807, 2.05) is 0 Å². The summed E-state index contributed by atoms with van der Waals surface area (Å²) in [6.07, 6.45) is 28.4. The van der Waals surface area contributed by atoms with Crippen LogP contribution in [0.2, 0.25) is 0 Å². The molecule has 0 amide bonds. The first-order chi connectivity index (χ1) is 33.1. The number of aliphatic hydroxyl groups excluding tert-OH is 7. The van der Waals surface area contributed by atoms with Gasteiger partial charge in [-0.05, 0) is 38.5 Å². The molecule has 0 aromatic carbocycles. The molecule has 2 rings (SSSR count). The fourth-order valence-electron chi connectivity index (χ4n) is 8.99. The highest BCUT2D eigenvalue weighted by Gasteiger charge is 2.47. The Morgan fingerprint density at radius 1 is 0.471 bits per heavy atom. The Hall–Kier alpha value is -1.27. The van der Waals surface area contributed by atoms with Crippen molar-refractivity contribution in [3.05, 3.63) is 12.2 Å². The molecule has 0 aromatic rings. The molecule has 14 nitrogen and oxygen atoms in total. The lowest BCUT2D eigenvalue weighted by Crippen LogP contribution is -2.61. The zero-order valence-electron chi connectivity index (χ0n) is 42.9. The maximum absolute atomic E-state index is 13.0. The zero-order valence-corrected chi connectivity index (χ0v) is 42.9. The van der Waals surface area contributed by atoms with Crippen LogP contribution in [0, 0.1) is 0 Å². The number of esters is 1. The summed E-state index contributed by atoms with van der Waals surface area (Å²) in [5.74, 6) is -0.372. The van der Waals surface area contributed by atoms with E-state index in [0.717, 1.165) is 38.5 Å². The maximum atomic E-state index is 13.0. The molecule has 0 bridgehead atoms. The Morgan fingerprint density at radius 2 is 0.868 bits per heavy atom. The lowest BCUT2D eigenvalue weighted by molar-refractivity contribution is -0.332. The van der Waals surface area contributed by atoms with Crippen molar-refractivity contribution in [1.29, 1.82) is 0 Å². The molecule has 0 spiro atoms. The minimum atomic E-state index is -1.70. The van der Waals surface area contributed by atoms with Crippen molar-refractivity contribution in [2.45, 2.75) is 293 Å². The standard InChI is InChI=1S/C54H102O14/c1-3-5-7-9-11-13-15-17-19-20-21-22-24-26-28-30-32-34-36-38-63-40-43(66-46(56)37-35-33-31-29-27-25-23-18-16-14-12-10-8-6-4-2)41-64-53-52(62)50(60)48(58)45(68-53)42-65-54-51(61)49(59)47(57)44(39-55)67-54/h19-20,43-45,47-55,57-62H,3-18,21-42H2,1-2H3/b20-19-. The van der Waals surface area contributed by atoms with Crippen molar-refractivity contribution in [1.82, 2.24) is 0 Å². The molecule has 0 radical (unpaired) electrons. The van der Waals surface area contributed by atoms with E-state index in [4.69, 9.17) is 28.4 Å². The van der Waals surface area contributed by atoms with Crippen LogP contribution in [0.25, 0.3) is 0 Å². The number of aliphatic hydroxyl groups is 7. The molecule has 2 fully saturated rings. The first-order valence-corrected chi connectivity index (χ1v) is 27.8. The molecule has 11 atom stereocenters. The number of hydrogen-bond donors (Lipinski definition) is 7. The first kappa shape index (κ1) is 62.8. The summed E-state index contributed by atoms with van der Waals surface area (Å²) in [7, 11) is 0. The van der Waals surface area contributed by atoms with Crippen LogP contribution in [0.3, 0.4) is 0 Å². The van der Waals surface area contributed by atoms with Gasteiger partial charge in [0.15, 0.2) is 12.6 Å². The summed E-state index contributed by atoms with van der Waals surface area (Å²) in [5.41, 5.74) is 0. The quantitative estimate of drug-likeness (QED) is 0.0172. The molecule has 0 saturated carbocycles. The van der Waals surface area contributed by atoms with E-state index in [9.17, 15) is 40.5 Å². The van der Waals surface area contributed by atoms with E-state index in [0.29, 0.717) is 13.0 Å². The van der Waals surface area contributed by atoms with Gasteiger partial charge in [-0.3, -0.25) is 4.79 Å². The molecule has 7 N–H and O–H groups in total. The molecule has 0 aromatic heterocycles. The van der Waals surface area contributed by atoms with Crippen molar-refractivity contribution in [3.8, 4) is 0 Å². The first-order valence-electron chi connectivity index (χ1n) is 27.8.